The monoisotopic (exact) mass is 424 g/mol. The Morgan fingerprint density at radius 2 is 1.87 bits per heavy atom. The predicted molar refractivity (Wildman–Crippen MR) is 101 cm³/mol. The lowest BCUT2D eigenvalue weighted by atomic mass is 9.97. The van der Waals surface area contributed by atoms with Crippen molar-refractivity contribution in [3.05, 3.63) is 39.9 Å². The normalized spacial score (nSPS) is 20.8. The van der Waals surface area contributed by atoms with Crippen LogP contribution in [0.2, 0.25) is 0 Å². The summed E-state index contributed by atoms with van der Waals surface area (Å²) in [4.78, 5) is 27.3. The molecule has 2 aliphatic rings. The van der Waals surface area contributed by atoms with Crippen LogP contribution >= 0.6 is 0 Å². The number of rotatable bonds is 5. The second-order valence-corrected chi connectivity index (χ2v) is 8.05. The molecule has 2 saturated heterocycles. The van der Waals surface area contributed by atoms with Crippen LogP contribution in [0.4, 0.5) is 13.2 Å². The van der Waals surface area contributed by atoms with Gasteiger partial charge in [0.2, 0.25) is 5.91 Å². The third kappa shape index (κ3) is 4.11. The average molecular weight is 424 g/mol. The van der Waals surface area contributed by atoms with Gasteiger partial charge in [0.15, 0.2) is 5.82 Å². The van der Waals surface area contributed by atoms with E-state index >= 15 is 0 Å². The van der Waals surface area contributed by atoms with Gasteiger partial charge >= 0.3 is 6.18 Å². The molecule has 0 N–H and O–H groups in total. The molecule has 11 heteroatoms. The molecular weight excluding hydrogens is 401 g/mol. The van der Waals surface area contributed by atoms with Gasteiger partial charge < -0.3 is 4.90 Å². The van der Waals surface area contributed by atoms with E-state index in [1.54, 1.807) is 10.7 Å². The summed E-state index contributed by atoms with van der Waals surface area (Å²) in [6.07, 6.45) is -3.99. The summed E-state index contributed by atoms with van der Waals surface area (Å²) in [5, 5.41) is 8.79. The maximum Gasteiger partial charge on any atom is 0.406 e. The Kier molecular flexibility index (Phi) is 5.16. The lowest BCUT2D eigenvalue weighted by molar-refractivity contribution is -0.160. The smallest absolute Gasteiger partial charge is 0.332 e. The van der Waals surface area contributed by atoms with Crippen molar-refractivity contribution in [3.8, 4) is 5.82 Å². The van der Waals surface area contributed by atoms with Crippen LogP contribution < -0.4 is 5.56 Å². The van der Waals surface area contributed by atoms with Crippen LogP contribution in [-0.4, -0.2) is 73.7 Å². The van der Waals surface area contributed by atoms with E-state index in [1.165, 1.54) is 10.7 Å². The minimum absolute atomic E-state index is 0.107. The molecule has 4 rings (SSSR count). The molecule has 0 aliphatic carbocycles. The van der Waals surface area contributed by atoms with Gasteiger partial charge in [0.05, 0.1) is 18.3 Å². The van der Waals surface area contributed by atoms with Crippen LogP contribution in [-0.2, 0) is 11.3 Å². The first-order chi connectivity index (χ1) is 14.1. The summed E-state index contributed by atoms with van der Waals surface area (Å²) >= 11 is 0. The van der Waals surface area contributed by atoms with Crippen LogP contribution in [0.1, 0.15) is 17.8 Å². The van der Waals surface area contributed by atoms with Crippen molar-refractivity contribution in [2.24, 2.45) is 5.92 Å². The number of alkyl halides is 3. The van der Waals surface area contributed by atoms with Crippen LogP contribution in [0.25, 0.3) is 5.82 Å². The van der Waals surface area contributed by atoms with Gasteiger partial charge in [0.25, 0.3) is 5.56 Å². The first-order valence-electron chi connectivity index (χ1n) is 9.82. The second kappa shape index (κ2) is 7.53. The molecule has 0 bridgehead atoms. The molecule has 1 amide bonds. The van der Waals surface area contributed by atoms with Gasteiger partial charge in [0.1, 0.15) is 6.54 Å². The largest absolute Gasteiger partial charge is 0.406 e. The quantitative estimate of drug-likeness (QED) is 0.720. The fourth-order valence-corrected chi connectivity index (χ4v) is 4.20. The molecule has 1 atom stereocenters. The summed E-state index contributed by atoms with van der Waals surface area (Å²) in [7, 11) is 0. The Labute approximate surface area is 170 Å². The van der Waals surface area contributed by atoms with Crippen LogP contribution in [0, 0.1) is 19.8 Å². The second-order valence-electron chi connectivity index (χ2n) is 8.05. The highest BCUT2D eigenvalue weighted by molar-refractivity contribution is 5.84. The topological polar surface area (TPSA) is 76.3 Å². The van der Waals surface area contributed by atoms with E-state index in [-0.39, 0.29) is 18.0 Å². The van der Waals surface area contributed by atoms with Gasteiger partial charge in [-0.05, 0) is 32.4 Å². The van der Waals surface area contributed by atoms with Crippen molar-refractivity contribution in [1.82, 2.24) is 29.4 Å². The molecule has 2 aromatic heterocycles. The van der Waals surface area contributed by atoms with Crippen molar-refractivity contribution in [2.45, 2.75) is 39.0 Å². The number of carbonyl (C=O) groups is 1. The molecule has 2 aliphatic heterocycles. The summed E-state index contributed by atoms with van der Waals surface area (Å²) in [6.45, 7) is 4.19. The molecule has 4 heterocycles. The van der Waals surface area contributed by atoms with Gasteiger partial charge in [-0.25, -0.2) is 9.36 Å². The molecule has 0 saturated carbocycles. The van der Waals surface area contributed by atoms with Gasteiger partial charge in [-0.15, -0.1) is 5.10 Å². The Hall–Kier alpha value is -2.69. The first-order valence-corrected chi connectivity index (χ1v) is 9.82. The first kappa shape index (κ1) is 20.6. The number of nitrogens with zero attached hydrogens (tertiary/aromatic N) is 6. The lowest BCUT2D eigenvalue weighted by Gasteiger charge is -2.42. The number of carbonyl (C=O) groups excluding carboxylic acids is 1. The van der Waals surface area contributed by atoms with E-state index in [0.717, 1.165) is 16.3 Å². The van der Waals surface area contributed by atoms with E-state index in [0.29, 0.717) is 31.9 Å². The van der Waals surface area contributed by atoms with Crippen LogP contribution in [0.3, 0.4) is 0 Å². The third-order valence-corrected chi connectivity index (χ3v) is 5.58. The van der Waals surface area contributed by atoms with E-state index in [2.05, 4.69) is 10.2 Å². The van der Waals surface area contributed by atoms with Crippen molar-refractivity contribution in [1.29, 1.82) is 0 Å². The SMILES string of the molecule is Cc1cc(C)n(-c2ccc(=O)n(CC3CN(C4CCN(CC(F)(F)F)C4=O)C3)n2)n1. The average Bonchev–Trinajstić information content (AvgIpc) is 3.13. The molecular formula is C19H23F3N6O2. The zero-order valence-electron chi connectivity index (χ0n) is 16.8. The van der Waals surface area contributed by atoms with E-state index in [4.69, 9.17) is 0 Å². The van der Waals surface area contributed by atoms with Crippen molar-refractivity contribution >= 4 is 5.91 Å². The fraction of sp³-hybridized carbons (Fsp3) is 0.579. The highest BCUT2D eigenvalue weighted by Gasteiger charge is 2.44. The standard InChI is InChI=1S/C19H23F3N6O2/c1-12-7-13(2)28(23-12)16-3-4-17(29)27(24-16)10-14-8-26(9-14)15-5-6-25(18(15)30)11-19(20,21)22/h3-4,7,14-15H,5-6,8-11H2,1-2H3. The highest BCUT2D eigenvalue weighted by Crippen LogP contribution is 2.28. The lowest BCUT2D eigenvalue weighted by Crippen LogP contribution is -2.56. The number of halogens is 3. The Morgan fingerprint density at radius 3 is 2.50 bits per heavy atom. The minimum atomic E-state index is -4.38. The fourth-order valence-electron chi connectivity index (χ4n) is 4.20. The number of likely N-dealkylation sites (tertiary alicyclic amines) is 2. The maximum atomic E-state index is 12.6. The molecule has 8 nitrogen and oxygen atoms in total. The molecule has 2 aromatic rings. The van der Waals surface area contributed by atoms with Crippen molar-refractivity contribution in [2.75, 3.05) is 26.2 Å². The molecule has 0 radical (unpaired) electrons. The van der Waals surface area contributed by atoms with Crippen LogP contribution in [0.15, 0.2) is 23.0 Å². The summed E-state index contributed by atoms with van der Waals surface area (Å²) in [5.41, 5.74) is 1.53. The Bertz CT molecular complexity index is 1010. The molecule has 162 valence electrons. The van der Waals surface area contributed by atoms with E-state index in [1.807, 2.05) is 24.8 Å². The molecule has 0 spiro atoms. The van der Waals surface area contributed by atoms with Gasteiger partial charge in [0, 0.05) is 37.3 Å². The summed E-state index contributed by atoms with van der Waals surface area (Å²) in [5.74, 6) is 0.188. The van der Waals surface area contributed by atoms with E-state index < -0.39 is 24.7 Å². The molecule has 30 heavy (non-hydrogen) atoms. The number of hydrogen-bond donors (Lipinski definition) is 0. The zero-order valence-corrected chi connectivity index (χ0v) is 16.8. The maximum absolute atomic E-state index is 12.6. The van der Waals surface area contributed by atoms with Crippen LogP contribution in [0.5, 0.6) is 0 Å². The predicted octanol–water partition coefficient (Wildman–Crippen LogP) is 1.14. The van der Waals surface area contributed by atoms with Crippen molar-refractivity contribution < 1.29 is 18.0 Å². The molecule has 0 aromatic carbocycles. The number of aromatic nitrogens is 4. The molecule has 2 fully saturated rings. The minimum Gasteiger partial charge on any atom is -0.332 e. The van der Waals surface area contributed by atoms with Gasteiger partial charge in [-0.2, -0.15) is 18.3 Å². The van der Waals surface area contributed by atoms with Gasteiger partial charge in [-0.1, -0.05) is 0 Å². The number of hydrogen-bond acceptors (Lipinski definition) is 5. The number of amides is 1. The Balaban J connectivity index is 1.38. The summed E-state index contributed by atoms with van der Waals surface area (Å²) in [6, 6.07) is 4.48. The molecule has 1 unspecified atom stereocenters. The summed E-state index contributed by atoms with van der Waals surface area (Å²) < 4.78 is 40.8. The Morgan fingerprint density at radius 1 is 1.13 bits per heavy atom. The third-order valence-electron chi connectivity index (χ3n) is 5.58. The van der Waals surface area contributed by atoms with E-state index in [9.17, 15) is 22.8 Å². The number of aryl methyl sites for hydroxylation is 2. The van der Waals surface area contributed by atoms with Crippen molar-refractivity contribution in [3.63, 3.8) is 0 Å². The highest BCUT2D eigenvalue weighted by atomic mass is 19.4. The zero-order chi connectivity index (χ0) is 21.6. The van der Waals surface area contributed by atoms with Gasteiger partial charge in [-0.3, -0.25) is 14.5 Å².